The van der Waals surface area contributed by atoms with Crippen LogP contribution in [0.15, 0.2) is 43.0 Å². The zero-order chi connectivity index (χ0) is 17.8. The number of nitrogens with zero attached hydrogens (tertiary/aromatic N) is 4. The van der Waals surface area contributed by atoms with Crippen molar-refractivity contribution in [2.75, 3.05) is 5.32 Å². The van der Waals surface area contributed by atoms with Gasteiger partial charge < -0.3 is 5.32 Å². The second-order valence-corrected chi connectivity index (χ2v) is 6.19. The Labute approximate surface area is 153 Å². The van der Waals surface area contributed by atoms with Gasteiger partial charge in [-0.1, -0.05) is 29.3 Å². The van der Waals surface area contributed by atoms with Gasteiger partial charge in [-0.05, 0) is 12.1 Å². The second-order valence-electron chi connectivity index (χ2n) is 5.35. The SMILES string of the molecule is O=C(CCn1cc(Cl)cn1)Nc1cnn(Cc2c(F)cccc2Cl)c1. The smallest absolute Gasteiger partial charge is 0.226 e. The molecule has 2 aromatic heterocycles. The van der Waals surface area contributed by atoms with Gasteiger partial charge >= 0.3 is 0 Å². The highest BCUT2D eigenvalue weighted by Crippen LogP contribution is 2.20. The molecule has 0 aliphatic heterocycles. The van der Waals surface area contributed by atoms with Gasteiger partial charge in [-0.15, -0.1) is 0 Å². The van der Waals surface area contributed by atoms with Gasteiger partial charge in [0, 0.05) is 35.9 Å². The minimum absolute atomic E-state index is 0.174. The summed E-state index contributed by atoms with van der Waals surface area (Å²) in [6, 6.07) is 4.51. The van der Waals surface area contributed by atoms with Crippen LogP contribution in [0.5, 0.6) is 0 Å². The highest BCUT2D eigenvalue weighted by atomic mass is 35.5. The largest absolute Gasteiger partial charge is 0.323 e. The molecule has 1 amide bonds. The summed E-state index contributed by atoms with van der Waals surface area (Å²) in [5, 5.41) is 11.7. The molecule has 0 radical (unpaired) electrons. The first-order valence-electron chi connectivity index (χ1n) is 7.44. The van der Waals surface area contributed by atoms with Crippen LogP contribution in [0.25, 0.3) is 0 Å². The van der Waals surface area contributed by atoms with E-state index in [0.29, 0.717) is 27.8 Å². The summed E-state index contributed by atoms with van der Waals surface area (Å²) in [7, 11) is 0. The van der Waals surface area contributed by atoms with E-state index in [1.807, 2.05) is 0 Å². The van der Waals surface area contributed by atoms with Gasteiger partial charge in [0.15, 0.2) is 0 Å². The molecular formula is C16H14Cl2FN5O. The minimum Gasteiger partial charge on any atom is -0.323 e. The molecule has 9 heteroatoms. The minimum atomic E-state index is -0.397. The van der Waals surface area contributed by atoms with E-state index in [1.165, 1.54) is 23.1 Å². The van der Waals surface area contributed by atoms with Crippen LogP contribution in [0.4, 0.5) is 10.1 Å². The Hall–Kier alpha value is -2.38. The number of hydrogen-bond donors (Lipinski definition) is 1. The molecule has 25 heavy (non-hydrogen) atoms. The Bertz CT molecular complexity index is 872. The number of anilines is 1. The number of rotatable bonds is 6. The van der Waals surface area contributed by atoms with Gasteiger partial charge in [0.2, 0.25) is 5.91 Å². The van der Waals surface area contributed by atoms with E-state index < -0.39 is 5.82 Å². The Kier molecular flexibility index (Phi) is 5.35. The van der Waals surface area contributed by atoms with Crippen LogP contribution in [-0.2, 0) is 17.9 Å². The molecule has 130 valence electrons. The van der Waals surface area contributed by atoms with E-state index in [-0.39, 0.29) is 18.9 Å². The monoisotopic (exact) mass is 381 g/mol. The number of aromatic nitrogens is 4. The van der Waals surface area contributed by atoms with Crippen LogP contribution in [0.3, 0.4) is 0 Å². The molecule has 6 nitrogen and oxygen atoms in total. The molecule has 3 rings (SSSR count). The van der Waals surface area contributed by atoms with E-state index in [2.05, 4.69) is 15.5 Å². The van der Waals surface area contributed by atoms with Crippen LogP contribution in [0.2, 0.25) is 10.0 Å². The molecular weight excluding hydrogens is 368 g/mol. The first-order valence-corrected chi connectivity index (χ1v) is 8.20. The number of hydrogen-bond acceptors (Lipinski definition) is 3. The lowest BCUT2D eigenvalue weighted by atomic mass is 10.2. The third-order valence-electron chi connectivity index (χ3n) is 3.47. The lowest BCUT2D eigenvalue weighted by Crippen LogP contribution is -2.14. The molecule has 0 atom stereocenters. The van der Waals surface area contributed by atoms with E-state index in [9.17, 15) is 9.18 Å². The Morgan fingerprint density at radius 2 is 1.96 bits per heavy atom. The Balaban J connectivity index is 1.57. The van der Waals surface area contributed by atoms with Crippen molar-refractivity contribution >= 4 is 34.8 Å². The van der Waals surface area contributed by atoms with Crippen molar-refractivity contribution in [3.63, 3.8) is 0 Å². The highest BCUT2D eigenvalue weighted by Gasteiger charge is 2.10. The topological polar surface area (TPSA) is 64.7 Å². The maximum Gasteiger partial charge on any atom is 0.226 e. The lowest BCUT2D eigenvalue weighted by Gasteiger charge is -2.06. The summed E-state index contributed by atoms with van der Waals surface area (Å²) < 4.78 is 16.9. The van der Waals surface area contributed by atoms with E-state index in [1.54, 1.807) is 29.2 Å². The highest BCUT2D eigenvalue weighted by molar-refractivity contribution is 6.31. The van der Waals surface area contributed by atoms with Gasteiger partial charge in [-0.2, -0.15) is 10.2 Å². The first kappa shape index (κ1) is 17.4. The fourth-order valence-corrected chi connectivity index (χ4v) is 2.64. The summed E-state index contributed by atoms with van der Waals surface area (Å²) in [4.78, 5) is 12.0. The lowest BCUT2D eigenvalue weighted by molar-refractivity contribution is -0.116. The van der Waals surface area contributed by atoms with Crippen LogP contribution in [0, 0.1) is 5.82 Å². The average Bonchev–Trinajstić information content (AvgIpc) is 3.18. The van der Waals surface area contributed by atoms with Crippen molar-refractivity contribution in [1.82, 2.24) is 19.6 Å². The summed E-state index contributed by atoms with van der Waals surface area (Å²) >= 11 is 11.8. The molecule has 0 fully saturated rings. The Morgan fingerprint density at radius 3 is 2.68 bits per heavy atom. The molecule has 0 aliphatic rings. The molecule has 0 aliphatic carbocycles. The molecule has 0 saturated heterocycles. The van der Waals surface area contributed by atoms with Crippen LogP contribution >= 0.6 is 23.2 Å². The van der Waals surface area contributed by atoms with Crippen molar-refractivity contribution in [1.29, 1.82) is 0 Å². The van der Waals surface area contributed by atoms with Crippen LogP contribution < -0.4 is 5.32 Å². The first-order chi connectivity index (χ1) is 12.0. The van der Waals surface area contributed by atoms with Crippen molar-refractivity contribution in [2.24, 2.45) is 0 Å². The molecule has 0 saturated carbocycles. The summed E-state index contributed by atoms with van der Waals surface area (Å²) in [5.41, 5.74) is 0.872. The zero-order valence-electron chi connectivity index (χ0n) is 13.0. The molecule has 1 aromatic carbocycles. The molecule has 0 unspecified atom stereocenters. The third-order valence-corrected chi connectivity index (χ3v) is 4.02. The normalized spacial score (nSPS) is 10.8. The van der Waals surface area contributed by atoms with Crippen LogP contribution in [0.1, 0.15) is 12.0 Å². The predicted octanol–water partition coefficient (Wildman–Crippen LogP) is 3.60. The van der Waals surface area contributed by atoms with Gasteiger partial charge in [0.05, 0.1) is 29.6 Å². The third kappa shape index (κ3) is 4.58. The quantitative estimate of drug-likeness (QED) is 0.709. The fraction of sp³-hybridized carbons (Fsp3) is 0.188. The maximum atomic E-state index is 13.8. The van der Waals surface area contributed by atoms with Crippen molar-refractivity contribution in [3.05, 3.63) is 64.4 Å². The fourth-order valence-electron chi connectivity index (χ4n) is 2.26. The van der Waals surface area contributed by atoms with Gasteiger partial charge in [0.25, 0.3) is 0 Å². The number of amides is 1. The number of nitrogens with one attached hydrogen (secondary N) is 1. The summed E-state index contributed by atoms with van der Waals surface area (Å²) in [6.45, 7) is 0.588. The average molecular weight is 382 g/mol. The van der Waals surface area contributed by atoms with Crippen LogP contribution in [-0.4, -0.2) is 25.5 Å². The second kappa shape index (κ2) is 7.67. The van der Waals surface area contributed by atoms with Crippen molar-refractivity contribution in [3.8, 4) is 0 Å². The van der Waals surface area contributed by atoms with E-state index >= 15 is 0 Å². The molecule has 0 spiro atoms. The van der Waals surface area contributed by atoms with Gasteiger partial charge in [-0.25, -0.2) is 4.39 Å². The van der Waals surface area contributed by atoms with E-state index in [0.717, 1.165) is 0 Å². The molecule has 3 aromatic rings. The summed E-state index contributed by atoms with van der Waals surface area (Å²) in [6.07, 6.45) is 6.51. The predicted molar refractivity (Wildman–Crippen MR) is 93.2 cm³/mol. The molecule has 2 heterocycles. The maximum absolute atomic E-state index is 13.8. The zero-order valence-corrected chi connectivity index (χ0v) is 14.5. The number of carbonyl (C=O) groups is 1. The standard InChI is InChI=1S/C16H14Cl2FN5O/c17-11-6-20-23(8-11)5-4-16(25)22-12-7-21-24(9-12)10-13-14(18)2-1-3-15(13)19/h1-3,6-9H,4-5,10H2,(H,22,25). The van der Waals surface area contributed by atoms with Crippen molar-refractivity contribution in [2.45, 2.75) is 19.5 Å². The molecule has 1 N–H and O–H groups in total. The van der Waals surface area contributed by atoms with Crippen molar-refractivity contribution < 1.29 is 9.18 Å². The van der Waals surface area contributed by atoms with Gasteiger partial charge in [-0.3, -0.25) is 14.2 Å². The summed E-state index contributed by atoms with van der Waals surface area (Å²) in [5.74, 6) is -0.582. The van der Waals surface area contributed by atoms with E-state index in [4.69, 9.17) is 23.2 Å². The molecule has 0 bridgehead atoms. The number of carbonyl (C=O) groups excluding carboxylic acids is 1. The number of aryl methyl sites for hydroxylation is 1. The number of halogens is 3. The van der Waals surface area contributed by atoms with Gasteiger partial charge in [0.1, 0.15) is 5.82 Å². The Morgan fingerprint density at radius 1 is 1.16 bits per heavy atom. The number of benzene rings is 1.